The number of ether oxygens (including phenoxy) is 2. The first-order valence-electron chi connectivity index (χ1n) is 10.6. The van der Waals surface area contributed by atoms with Crippen LogP contribution >= 0.6 is 0 Å². The molecule has 26 heavy (non-hydrogen) atoms. The number of benzene rings is 1. The van der Waals surface area contributed by atoms with E-state index in [2.05, 4.69) is 13.8 Å². The quantitative estimate of drug-likeness (QED) is 0.338. The molecule has 146 valence electrons. The lowest BCUT2D eigenvalue weighted by atomic mass is 9.75. The molecule has 3 nitrogen and oxygen atoms in total. The summed E-state index contributed by atoms with van der Waals surface area (Å²) in [6.07, 6.45) is 12.7. The predicted octanol–water partition coefficient (Wildman–Crippen LogP) is 6.41. The molecule has 1 aliphatic carbocycles. The van der Waals surface area contributed by atoms with Gasteiger partial charge in [-0.3, -0.25) is 0 Å². The molecule has 1 fully saturated rings. The normalized spacial score (nSPS) is 19.9. The summed E-state index contributed by atoms with van der Waals surface area (Å²) in [5.74, 6) is 2.42. The average Bonchev–Trinajstić information content (AvgIpc) is 2.67. The summed E-state index contributed by atoms with van der Waals surface area (Å²) in [4.78, 5) is 11.9. The number of rotatable bonds is 11. The number of unbranched alkanes of at least 4 members (excludes halogenated alkanes) is 1. The largest absolute Gasteiger partial charge is 0.494 e. The van der Waals surface area contributed by atoms with Gasteiger partial charge in [0.25, 0.3) is 0 Å². The van der Waals surface area contributed by atoms with Gasteiger partial charge >= 0.3 is 5.97 Å². The molecule has 0 aromatic heterocycles. The third-order valence-corrected chi connectivity index (χ3v) is 5.54. The van der Waals surface area contributed by atoms with E-state index in [1.165, 1.54) is 44.9 Å². The zero-order chi connectivity index (χ0) is 18.6. The molecule has 0 radical (unpaired) electrons. The van der Waals surface area contributed by atoms with Gasteiger partial charge in [-0.2, -0.15) is 0 Å². The molecule has 3 heteroatoms. The third kappa shape index (κ3) is 7.01. The van der Waals surface area contributed by atoms with Crippen LogP contribution in [0, 0.1) is 11.8 Å². The van der Waals surface area contributed by atoms with Gasteiger partial charge in [-0.1, -0.05) is 58.8 Å². The molecule has 0 aliphatic heterocycles. The van der Waals surface area contributed by atoms with Crippen molar-refractivity contribution in [2.24, 2.45) is 11.8 Å². The summed E-state index contributed by atoms with van der Waals surface area (Å²) < 4.78 is 11.1. The van der Waals surface area contributed by atoms with E-state index in [0.29, 0.717) is 12.2 Å². The fraction of sp³-hybridized carbons (Fsp3) is 0.696. The van der Waals surface area contributed by atoms with E-state index in [0.717, 1.165) is 43.5 Å². The van der Waals surface area contributed by atoms with E-state index in [4.69, 9.17) is 9.47 Å². The van der Waals surface area contributed by atoms with Crippen LogP contribution in [0.15, 0.2) is 24.3 Å². The zero-order valence-corrected chi connectivity index (χ0v) is 16.7. The fourth-order valence-corrected chi connectivity index (χ4v) is 4.03. The van der Waals surface area contributed by atoms with Crippen LogP contribution in [0.25, 0.3) is 0 Å². The lowest BCUT2D eigenvalue weighted by Crippen LogP contribution is -2.20. The Balaban J connectivity index is 1.68. The highest BCUT2D eigenvalue weighted by Gasteiger charge is 2.23. The maximum absolute atomic E-state index is 11.9. The summed E-state index contributed by atoms with van der Waals surface area (Å²) >= 11 is 0. The molecule has 1 aliphatic rings. The Morgan fingerprint density at radius 1 is 0.923 bits per heavy atom. The van der Waals surface area contributed by atoms with Crippen molar-refractivity contribution >= 4 is 5.97 Å². The number of hydrogen-bond acceptors (Lipinski definition) is 3. The van der Waals surface area contributed by atoms with E-state index >= 15 is 0 Å². The molecule has 0 N–H and O–H groups in total. The van der Waals surface area contributed by atoms with Crippen molar-refractivity contribution in [3.8, 4) is 5.75 Å². The van der Waals surface area contributed by atoms with Crippen LogP contribution in [0.4, 0.5) is 0 Å². The number of hydrogen-bond donors (Lipinski definition) is 0. The molecular formula is C23H36O3. The third-order valence-electron chi connectivity index (χ3n) is 5.54. The van der Waals surface area contributed by atoms with Crippen molar-refractivity contribution in [3.05, 3.63) is 29.8 Å². The number of carbonyl (C=O) groups excluding carboxylic acids is 1. The Morgan fingerprint density at radius 3 is 2.27 bits per heavy atom. The molecule has 0 spiro atoms. The van der Waals surface area contributed by atoms with Gasteiger partial charge in [0.1, 0.15) is 5.75 Å². The monoisotopic (exact) mass is 360 g/mol. The SMILES string of the molecule is CCCCOC(=O)c1ccc(OCCCC2CCCCC2CCC)cc1. The maximum atomic E-state index is 11.9. The summed E-state index contributed by atoms with van der Waals surface area (Å²) in [5, 5.41) is 0. The molecule has 1 aromatic rings. The molecule has 2 atom stereocenters. The van der Waals surface area contributed by atoms with Crippen LogP contribution in [0.2, 0.25) is 0 Å². The summed E-state index contributed by atoms with van der Waals surface area (Å²) in [6, 6.07) is 7.33. The van der Waals surface area contributed by atoms with E-state index < -0.39 is 0 Å². The van der Waals surface area contributed by atoms with E-state index in [1.54, 1.807) is 12.1 Å². The predicted molar refractivity (Wildman–Crippen MR) is 107 cm³/mol. The molecule has 2 rings (SSSR count). The Hall–Kier alpha value is -1.51. The van der Waals surface area contributed by atoms with Gasteiger partial charge in [-0.05, 0) is 55.4 Å². The van der Waals surface area contributed by atoms with Gasteiger partial charge in [0.2, 0.25) is 0 Å². The summed E-state index contributed by atoms with van der Waals surface area (Å²) in [7, 11) is 0. The highest BCUT2D eigenvalue weighted by molar-refractivity contribution is 5.89. The Bertz CT molecular complexity index is 507. The number of carbonyl (C=O) groups is 1. The minimum Gasteiger partial charge on any atom is -0.494 e. The van der Waals surface area contributed by atoms with Crippen molar-refractivity contribution < 1.29 is 14.3 Å². The second-order valence-corrected chi connectivity index (χ2v) is 7.60. The smallest absolute Gasteiger partial charge is 0.338 e. The van der Waals surface area contributed by atoms with Gasteiger partial charge < -0.3 is 9.47 Å². The lowest BCUT2D eigenvalue weighted by Gasteiger charge is -2.31. The fourth-order valence-electron chi connectivity index (χ4n) is 4.03. The van der Waals surface area contributed by atoms with Crippen molar-refractivity contribution in [3.63, 3.8) is 0 Å². The standard InChI is InChI=1S/C23H36O3/c1-3-5-17-26-23(24)21-13-15-22(16-14-21)25-18-8-12-20-11-7-6-10-19(20)9-4-2/h13-16,19-20H,3-12,17-18H2,1-2H3. The highest BCUT2D eigenvalue weighted by atomic mass is 16.5. The van der Waals surface area contributed by atoms with Gasteiger partial charge in [0.05, 0.1) is 18.8 Å². The van der Waals surface area contributed by atoms with Gasteiger partial charge in [0.15, 0.2) is 0 Å². The van der Waals surface area contributed by atoms with E-state index in [-0.39, 0.29) is 5.97 Å². The van der Waals surface area contributed by atoms with Crippen molar-refractivity contribution in [1.29, 1.82) is 0 Å². The maximum Gasteiger partial charge on any atom is 0.338 e. The second-order valence-electron chi connectivity index (χ2n) is 7.60. The van der Waals surface area contributed by atoms with Crippen molar-refractivity contribution in [2.45, 2.75) is 78.1 Å². The van der Waals surface area contributed by atoms with Gasteiger partial charge in [-0.25, -0.2) is 4.79 Å². The Morgan fingerprint density at radius 2 is 1.62 bits per heavy atom. The summed E-state index contributed by atoms with van der Waals surface area (Å²) in [6.45, 7) is 5.64. The molecule has 0 bridgehead atoms. The first-order chi connectivity index (χ1) is 12.7. The first-order valence-corrected chi connectivity index (χ1v) is 10.6. The molecule has 0 heterocycles. The van der Waals surface area contributed by atoms with Crippen LogP contribution in [0.3, 0.4) is 0 Å². The topological polar surface area (TPSA) is 35.5 Å². The van der Waals surface area contributed by atoms with Crippen LogP contribution in [0.1, 0.15) is 88.4 Å². The molecule has 1 saturated carbocycles. The molecule has 2 unspecified atom stereocenters. The first kappa shape index (κ1) is 20.8. The summed E-state index contributed by atoms with van der Waals surface area (Å²) in [5.41, 5.74) is 0.595. The Kier molecular flexibility index (Phi) is 9.58. The minimum absolute atomic E-state index is 0.246. The minimum atomic E-state index is -0.246. The van der Waals surface area contributed by atoms with E-state index in [1.807, 2.05) is 12.1 Å². The molecule has 1 aromatic carbocycles. The van der Waals surface area contributed by atoms with Crippen LogP contribution in [-0.2, 0) is 4.74 Å². The number of esters is 1. The van der Waals surface area contributed by atoms with Crippen LogP contribution < -0.4 is 4.74 Å². The van der Waals surface area contributed by atoms with Crippen molar-refractivity contribution in [1.82, 2.24) is 0 Å². The Labute approximate surface area is 159 Å². The second kappa shape index (κ2) is 12.0. The van der Waals surface area contributed by atoms with Crippen LogP contribution in [-0.4, -0.2) is 19.2 Å². The average molecular weight is 361 g/mol. The molecule has 0 saturated heterocycles. The van der Waals surface area contributed by atoms with Crippen LogP contribution in [0.5, 0.6) is 5.75 Å². The van der Waals surface area contributed by atoms with Gasteiger partial charge in [0, 0.05) is 0 Å². The zero-order valence-electron chi connectivity index (χ0n) is 16.7. The molecule has 0 amide bonds. The van der Waals surface area contributed by atoms with Crippen molar-refractivity contribution in [2.75, 3.05) is 13.2 Å². The van der Waals surface area contributed by atoms with Gasteiger partial charge in [-0.15, -0.1) is 0 Å². The highest BCUT2D eigenvalue weighted by Crippen LogP contribution is 2.35. The molecular weight excluding hydrogens is 324 g/mol. The van der Waals surface area contributed by atoms with E-state index in [9.17, 15) is 4.79 Å². The lowest BCUT2D eigenvalue weighted by molar-refractivity contribution is 0.0499.